The molecule has 3 N–H and O–H groups in total. The van der Waals surface area contributed by atoms with Crippen LogP contribution in [-0.4, -0.2) is 12.5 Å². The van der Waals surface area contributed by atoms with E-state index in [2.05, 4.69) is 39.1 Å². The van der Waals surface area contributed by atoms with Gasteiger partial charge in [0, 0.05) is 16.2 Å². The normalized spacial score (nSPS) is 14.3. The van der Waals surface area contributed by atoms with Crippen LogP contribution in [0.2, 0.25) is 0 Å². The summed E-state index contributed by atoms with van der Waals surface area (Å²) in [6.07, 6.45) is 1.54. The summed E-state index contributed by atoms with van der Waals surface area (Å²) >= 11 is 1.78. The summed E-state index contributed by atoms with van der Waals surface area (Å²) in [4.78, 5) is 14.7. The van der Waals surface area contributed by atoms with Gasteiger partial charge in [-0.05, 0) is 57.2 Å². The van der Waals surface area contributed by atoms with Crippen LogP contribution in [-0.2, 0) is 4.79 Å². The first-order valence-electron chi connectivity index (χ1n) is 7.39. The Morgan fingerprint density at radius 1 is 1.35 bits per heavy atom. The van der Waals surface area contributed by atoms with Crippen molar-refractivity contribution in [2.24, 2.45) is 17.6 Å². The molecule has 0 aromatic carbocycles. The van der Waals surface area contributed by atoms with E-state index in [1.807, 2.05) is 6.92 Å². The molecule has 1 heterocycles. The van der Waals surface area contributed by atoms with Gasteiger partial charge in [0.25, 0.3) is 0 Å². The number of amides is 1. The molecule has 0 aliphatic rings. The van der Waals surface area contributed by atoms with Crippen molar-refractivity contribution < 1.29 is 4.79 Å². The van der Waals surface area contributed by atoms with Crippen molar-refractivity contribution in [2.45, 2.75) is 53.5 Å². The van der Waals surface area contributed by atoms with E-state index < -0.39 is 0 Å². The maximum atomic E-state index is 12.1. The Labute approximate surface area is 127 Å². The Hall–Kier alpha value is -0.870. The molecule has 20 heavy (non-hydrogen) atoms. The number of nitrogens with two attached hydrogens (primary N) is 1. The van der Waals surface area contributed by atoms with Gasteiger partial charge in [-0.2, -0.15) is 0 Å². The number of nitrogens with one attached hydrogen (secondary N) is 1. The number of hydrogen-bond donors (Lipinski definition) is 2. The first-order valence-corrected chi connectivity index (χ1v) is 8.21. The standard InChI is InChI=1S/C16H28N2OS/c1-10(2)6-14(9-17)8-16(19)18-12(4)15-7-11(3)20-13(15)5/h7,10,12,14H,6,8-9,17H2,1-5H3,(H,18,19). The largest absolute Gasteiger partial charge is 0.350 e. The van der Waals surface area contributed by atoms with E-state index in [1.54, 1.807) is 11.3 Å². The minimum absolute atomic E-state index is 0.0740. The Morgan fingerprint density at radius 3 is 2.45 bits per heavy atom. The van der Waals surface area contributed by atoms with Crippen LogP contribution < -0.4 is 11.1 Å². The van der Waals surface area contributed by atoms with Crippen molar-refractivity contribution in [3.8, 4) is 0 Å². The van der Waals surface area contributed by atoms with Crippen molar-refractivity contribution in [2.75, 3.05) is 6.54 Å². The van der Waals surface area contributed by atoms with Crippen molar-refractivity contribution in [1.82, 2.24) is 5.32 Å². The Bertz CT molecular complexity index is 440. The molecule has 1 aromatic rings. The molecule has 0 saturated heterocycles. The molecule has 0 fully saturated rings. The van der Waals surface area contributed by atoms with Gasteiger partial charge in [-0.3, -0.25) is 4.79 Å². The number of hydrogen-bond acceptors (Lipinski definition) is 3. The minimum Gasteiger partial charge on any atom is -0.350 e. The minimum atomic E-state index is 0.0740. The lowest BCUT2D eigenvalue weighted by Crippen LogP contribution is -2.30. The Kier molecular flexibility index (Phi) is 6.69. The number of aryl methyl sites for hydroxylation is 2. The number of thiophene rings is 1. The third-order valence-electron chi connectivity index (χ3n) is 3.54. The second kappa shape index (κ2) is 7.79. The van der Waals surface area contributed by atoms with Gasteiger partial charge in [-0.15, -0.1) is 11.3 Å². The second-order valence-electron chi connectivity index (χ2n) is 6.09. The Balaban J connectivity index is 2.55. The van der Waals surface area contributed by atoms with Gasteiger partial charge in [0.05, 0.1) is 6.04 Å². The molecule has 4 heteroatoms. The molecule has 2 unspecified atom stereocenters. The van der Waals surface area contributed by atoms with Gasteiger partial charge in [-0.1, -0.05) is 13.8 Å². The topological polar surface area (TPSA) is 55.1 Å². The van der Waals surface area contributed by atoms with Crippen LogP contribution in [0, 0.1) is 25.7 Å². The fraction of sp³-hybridized carbons (Fsp3) is 0.688. The molecule has 114 valence electrons. The van der Waals surface area contributed by atoms with E-state index in [-0.39, 0.29) is 17.9 Å². The smallest absolute Gasteiger partial charge is 0.220 e. The lowest BCUT2D eigenvalue weighted by Gasteiger charge is -2.19. The Morgan fingerprint density at radius 2 is 2.00 bits per heavy atom. The van der Waals surface area contributed by atoms with Crippen LogP contribution in [0.25, 0.3) is 0 Å². The molecule has 1 aromatic heterocycles. The van der Waals surface area contributed by atoms with E-state index >= 15 is 0 Å². The second-order valence-corrected chi connectivity index (χ2v) is 7.55. The summed E-state index contributed by atoms with van der Waals surface area (Å²) in [6.45, 7) is 11.2. The number of carbonyl (C=O) groups is 1. The highest BCUT2D eigenvalue weighted by Crippen LogP contribution is 2.26. The van der Waals surface area contributed by atoms with Crippen LogP contribution in [0.5, 0.6) is 0 Å². The molecule has 0 aliphatic carbocycles. The summed E-state index contributed by atoms with van der Waals surface area (Å²) in [5, 5.41) is 3.10. The molecule has 1 rings (SSSR count). The summed E-state index contributed by atoms with van der Waals surface area (Å²) in [6, 6.07) is 2.24. The maximum Gasteiger partial charge on any atom is 0.220 e. The predicted octanol–water partition coefficient (Wildman–Crippen LogP) is 3.55. The molecule has 0 bridgehead atoms. The average molecular weight is 296 g/mol. The SMILES string of the molecule is Cc1cc(C(C)NC(=O)CC(CN)CC(C)C)c(C)s1. The zero-order valence-electron chi connectivity index (χ0n) is 13.3. The highest BCUT2D eigenvalue weighted by Gasteiger charge is 2.17. The van der Waals surface area contributed by atoms with E-state index in [0.717, 1.165) is 6.42 Å². The van der Waals surface area contributed by atoms with E-state index in [9.17, 15) is 4.79 Å². The van der Waals surface area contributed by atoms with Gasteiger partial charge in [0.15, 0.2) is 0 Å². The fourth-order valence-electron chi connectivity index (χ4n) is 2.65. The molecular formula is C16H28N2OS. The van der Waals surface area contributed by atoms with Crippen molar-refractivity contribution in [1.29, 1.82) is 0 Å². The van der Waals surface area contributed by atoms with Gasteiger partial charge in [0.2, 0.25) is 5.91 Å². The van der Waals surface area contributed by atoms with Crippen LogP contribution in [0.1, 0.15) is 55.0 Å². The third-order valence-corrected chi connectivity index (χ3v) is 4.52. The molecule has 0 saturated carbocycles. The molecule has 0 radical (unpaired) electrons. The summed E-state index contributed by atoms with van der Waals surface area (Å²) < 4.78 is 0. The highest BCUT2D eigenvalue weighted by molar-refractivity contribution is 7.12. The lowest BCUT2D eigenvalue weighted by atomic mass is 9.94. The zero-order chi connectivity index (χ0) is 15.3. The van der Waals surface area contributed by atoms with Crippen molar-refractivity contribution in [3.63, 3.8) is 0 Å². The fourth-order valence-corrected chi connectivity index (χ4v) is 3.67. The highest BCUT2D eigenvalue weighted by atomic mass is 32.1. The van der Waals surface area contributed by atoms with Crippen LogP contribution >= 0.6 is 11.3 Å². The summed E-state index contributed by atoms with van der Waals surface area (Å²) in [5.41, 5.74) is 6.99. The molecule has 1 amide bonds. The lowest BCUT2D eigenvalue weighted by molar-refractivity contribution is -0.122. The predicted molar refractivity (Wildman–Crippen MR) is 87.0 cm³/mol. The molecule has 0 spiro atoms. The van der Waals surface area contributed by atoms with E-state index in [4.69, 9.17) is 5.73 Å². The molecule has 3 nitrogen and oxygen atoms in total. The summed E-state index contributed by atoms with van der Waals surface area (Å²) in [7, 11) is 0. The first-order chi connectivity index (χ1) is 9.33. The first kappa shape index (κ1) is 17.2. The van der Waals surface area contributed by atoms with Crippen molar-refractivity contribution in [3.05, 3.63) is 21.4 Å². The molecule has 2 atom stereocenters. The third kappa shape index (κ3) is 5.25. The number of rotatable bonds is 7. The zero-order valence-corrected chi connectivity index (χ0v) is 14.1. The molecule has 0 aliphatic heterocycles. The quantitative estimate of drug-likeness (QED) is 0.808. The average Bonchev–Trinajstić information content (AvgIpc) is 2.66. The monoisotopic (exact) mass is 296 g/mol. The van der Waals surface area contributed by atoms with Crippen molar-refractivity contribution >= 4 is 17.2 Å². The van der Waals surface area contributed by atoms with Crippen LogP contribution in [0.15, 0.2) is 6.07 Å². The van der Waals surface area contributed by atoms with Crippen LogP contribution in [0.4, 0.5) is 0 Å². The number of carbonyl (C=O) groups excluding carboxylic acids is 1. The molecular weight excluding hydrogens is 268 g/mol. The maximum absolute atomic E-state index is 12.1. The van der Waals surface area contributed by atoms with E-state index in [0.29, 0.717) is 18.9 Å². The van der Waals surface area contributed by atoms with Gasteiger partial charge >= 0.3 is 0 Å². The van der Waals surface area contributed by atoms with Gasteiger partial charge < -0.3 is 11.1 Å². The van der Waals surface area contributed by atoms with Gasteiger partial charge in [0.1, 0.15) is 0 Å². The van der Waals surface area contributed by atoms with Gasteiger partial charge in [-0.25, -0.2) is 0 Å². The van der Waals surface area contributed by atoms with E-state index in [1.165, 1.54) is 15.3 Å². The summed E-state index contributed by atoms with van der Waals surface area (Å²) in [5.74, 6) is 0.972. The van der Waals surface area contributed by atoms with Crippen LogP contribution in [0.3, 0.4) is 0 Å².